The van der Waals surface area contributed by atoms with Crippen LogP contribution in [0.2, 0.25) is 0 Å². The molecule has 2 aromatic rings. The molecule has 3 heteroatoms. The van der Waals surface area contributed by atoms with Crippen LogP contribution in [0, 0.1) is 30.4 Å². The van der Waals surface area contributed by atoms with Crippen molar-refractivity contribution in [3.05, 3.63) is 64.7 Å². The van der Waals surface area contributed by atoms with Crippen molar-refractivity contribution in [2.75, 3.05) is 6.61 Å². The molecule has 2 aromatic carbocycles. The Morgan fingerprint density at radius 3 is 2.33 bits per heavy atom. The van der Waals surface area contributed by atoms with Crippen molar-refractivity contribution in [1.82, 2.24) is 0 Å². The molecule has 108 valence electrons. The highest BCUT2D eigenvalue weighted by molar-refractivity contribution is 5.46. The van der Waals surface area contributed by atoms with Crippen LogP contribution in [0.25, 0.3) is 0 Å². The minimum atomic E-state index is -0.987. The lowest BCUT2D eigenvalue weighted by Crippen LogP contribution is -2.00. The van der Waals surface area contributed by atoms with Crippen LogP contribution in [0.4, 0.5) is 8.78 Å². The zero-order valence-electron chi connectivity index (χ0n) is 12.0. The predicted molar refractivity (Wildman–Crippen MR) is 79.3 cm³/mol. The van der Waals surface area contributed by atoms with Gasteiger partial charge in [0.2, 0.25) is 5.82 Å². The second kappa shape index (κ2) is 6.90. The molecular weight excluding hydrogens is 270 g/mol. The number of hydrogen-bond acceptors (Lipinski definition) is 1. The molecule has 0 saturated heterocycles. The summed E-state index contributed by atoms with van der Waals surface area (Å²) < 4.78 is 32.8. The summed E-state index contributed by atoms with van der Waals surface area (Å²) in [6.45, 7) is 4.22. The van der Waals surface area contributed by atoms with Crippen molar-refractivity contribution in [2.24, 2.45) is 0 Å². The van der Waals surface area contributed by atoms with Gasteiger partial charge in [0.05, 0.1) is 12.2 Å². The van der Waals surface area contributed by atoms with E-state index in [1.165, 1.54) is 12.1 Å². The van der Waals surface area contributed by atoms with Crippen LogP contribution in [-0.4, -0.2) is 6.61 Å². The van der Waals surface area contributed by atoms with Crippen molar-refractivity contribution >= 4 is 0 Å². The summed E-state index contributed by atoms with van der Waals surface area (Å²) in [4.78, 5) is 0. The predicted octanol–water partition coefficient (Wildman–Crippen LogP) is 4.46. The highest BCUT2D eigenvalue weighted by atomic mass is 19.2. The maximum atomic E-state index is 13.9. The Kier molecular flexibility index (Phi) is 4.94. The molecule has 0 spiro atoms. The zero-order chi connectivity index (χ0) is 15.2. The van der Waals surface area contributed by atoms with Crippen LogP contribution in [0.3, 0.4) is 0 Å². The lowest BCUT2D eigenvalue weighted by Gasteiger charge is -2.06. The van der Waals surface area contributed by atoms with Gasteiger partial charge in [0.15, 0.2) is 11.6 Å². The molecule has 21 heavy (non-hydrogen) atoms. The van der Waals surface area contributed by atoms with Crippen LogP contribution in [0.5, 0.6) is 5.75 Å². The minimum Gasteiger partial charge on any atom is -0.490 e. The van der Waals surface area contributed by atoms with Crippen molar-refractivity contribution in [2.45, 2.75) is 20.3 Å². The summed E-state index contributed by atoms with van der Waals surface area (Å²) in [6, 6.07) is 10.4. The molecule has 0 N–H and O–H groups in total. The monoisotopic (exact) mass is 286 g/mol. The highest BCUT2D eigenvalue weighted by Crippen LogP contribution is 2.22. The number of hydrogen-bond donors (Lipinski definition) is 0. The van der Waals surface area contributed by atoms with Gasteiger partial charge in [0.1, 0.15) is 0 Å². The number of aryl methyl sites for hydroxylation is 1. The third-order valence-electron chi connectivity index (χ3n) is 2.90. The Morgan fingerprint density at radius 1 is 0.952 bits per heavy atom. The second-order valence-corrected chi connectivity index (χ2v) is 4.70. The van der Waals surface area contributed by atoms with E-state index in [1.54, 1.807) is 0 Å². The molecule has 1 nitrogen and oxygen atoms in total. The molecule has 0 fully saturated rings. The lowest BCUT2D eigenvalue weighted by molar-refractivity contribution is 0.295. The third kappa shape index (κ3) is 3.82. The summed E-state index contributed by atoms with van der Waals surface area (Å²) in [7, 11) is 0. The smallest absolute Gasteiger partial charge is 0.201 e. The lowest BCUT2D eigenvalue weighted by atomic mass is 10.1. The number of benzene rings is 2. The average Bonchev–Trinajstić information content (AvgIpc) is 2.49. The Hall–Kier alpha value is -2.34. The van der Waals surface area contributed by atoms with E-state index in [0.717, 1.165) is 17.5 Å². The number of rotatable bonds is 3. The van der Waals surface area contributed by atoms with E-state index in [1.807, 2.05) is 38.1 Å². The molecule has 0 radical (unpaired) electrons. The molecule has 0 aliphatic heterocycles. The van der Waals surface area contributed by atoms with E-state index in [9.17, 15) is 8.78 Å². The van der Waals surface area contributed by atoms with E-state index in [-0.39, 0.29) is 11.3 Å². The number of halogens is 2. The molecule has 0 amide bonds. The van der Waals surface area contributed by atoms with Crippen molar-refractivity contribution in [3.8, 4) is 17.6 Å². The first-order valence-corrected chi connectivity index (χ1v) is 6.81. The molecule has 0 unspecified atom stereocenters. The molecule has 0 saturated carbocycles. The first-order chi connectivity index (χ1) is 10.1. The van der Waals surface area contributed by atoms with Crippen LogP contribution >= 0.6 is 0 Å². The van der Waals surface area contributed by atoms with Gasteiger partial charge in [0, 0.05) is 5.56 Å². The molecule has 0 atom stereocenters. The number of ether oxygens (including phenoxy) is 1. The first-order valence-electron chi connectivity index (χ1n) is 6.81. The topological polar surface area (TPSA) is 9.23 Å². The van der Waals surface area contributed by atoms with Gasteiger partial charge in [-0.3, -0.25) is 0 Å². The third-order valence-corrected chi connectivity index (χ3v) is 2.90. The fourth-order valence-corrected chi connectivity index (χ4v) is 1.73. The van der Waals surface area contributed by atoms with Crippen molar-refractivity contribution in [1.29, 1.82) is 0 Å². The zero-order valence-corrected chi connectivity index (χ0v) is 12.0. The normalized spacial score (nSPS) is 9.90. The molecule has 0 aliphatic rings. The maximum Gasteiger partial charge on any atom is 0.201 e. The Bertz CT molecular complexity index is 679. The standard InChI is InChI=1S/C18H16F2O/c1-3-12-21-16-11-10-15(17(19)18(16)20)9-8-14-6-4-13(2)5-7-14/h4-7,10-11H,3,12H2,1-2H3. The van der Waals surface area contributed by atoms with Crippen LogP contribution < -0.4 is 4.74 Å². The molecule has 2 rings (SSSR count). The summed E-state index contributed by atoms with van der Waals surface area (Å²) in [5, 5.41) is 0. The maximum absolute atomic E-state index is 13.9. The molecule has 0 aliphatic carbocycles. The Morgan fingerprint density at radius 2 is 1.67 bits per heavy atom. The quantitative estimate of drug-likeness (QED) is 0.757. The van der Waals surface area contributed by atoms with Gasteiger partial charge in [-0.1, -0.05) is 36.5 Å². The van der Waals surface area contributed by atoms with Gasteiger partial charge in [-0.2, -0.15) is 4.39 Å². The second-order valence-electron chi connectivity index (χ2n) is 4.70. The van der Waals surface area contributed by atoms with E-state index in [4.69, 9.17) is 4.74 Å². The van der Waals surface area contributed by atoms with Crippen LogP contribution in [-0.2, 0) is 0 Å². The molecule has 0 bridgehead atoms. The average molecular weight is 286 g/mol. The Labute approximate surface area is 123 Å². The first kappa shape index (κ1) is 15.1. The van der Waals surface area contributed by atoms with Gasteiger partial charge in [-0.15, -0.1) is 0 Å². The fraction of sp³-hybridized carbons (Fsp3) is 0.222. The van der Waals surface area contributed by atoms with Crippen molar-refractivity contribution < 1.29 is 13.5 Å². The fourth-order valence-electron chi connectivity index (χ4n) is 1.73. The van der Waals surface area contributed by atoms with Gasteiger partial charge in [0.25, 0.3) is 0 Å². The highest BCUT2D eigenvalue weighted by Gasteiger charge is 2.13. The van der Waals surface area contributed by atoms with E-state index < -0.39 is 11.6 Å². The van der Waals surface area contributed by atoms with Gasteiger partial charge < -0.3 is 4.74 Å². The van der Waals surface area contributed by atoms with E-state index >= 15 is 0 Å². The summed E-state index contributed by atoms with van der Waals surface area (Å²) >= 11 is 0. The van der Waals surface area contributed by atoms with Crippen LogP contribution in [0.1, 0.15) is 30.0 Å². The largest absolute Gasteiger partial charge is 0.490 e. The molecule has 0 aromatic heterocycles. The molecular formula is C18H16F2O. The molecule has 0 heterocycles. The van der Waals surface area contributed by atoms with Crippen LogP contribution in [0.15, 0.2) is 36.4 Å². The SMILES string of the molecule is CCCOc1ccc(C#Cc2ccc(C)cc2)c(F)c1F. The Balaban J connectivity index is 2.25. The minimum absolute atomic E-state index is 0.0249. The van der Waals surface area contributed by atoms with Crippen molar-refractivity contribution in [3.63, 3.8) is 0 Å². The summed E-state index contributed by atoms with van der Waals surface area (Å²) in [5.74, 6) is 3.44. The van der Waals surface area contributed by atoms with E-state index in [2.05, 4.69) is 11.8 Å². The summed E-state index contributed by atoms with van der Waals surface area (Å²) in [5.41, 5.74) is 1.90. The summed E-state index contributed by atoms with van der Waals surface area (Å²) in [6.07, 6.45) is 0.732. The van der Waals surface area contributed by atoms with E-state index in [0.29, 0.717) is 6.61 Å². The van der Waals surface area contributed by atoms with Gasteiger partial charge in [-0.05, 0) is 37.6 Å². The van der Waals surface area contributed by atoms with Gasteiger partial charge in [-0.25, -0.2) is 4.39 Å². The van der Waals surface area contributed by atoms with Gasteiger partial charge >= 0.3 is 0 Å².